The zero-order valence-electron chi connectivity index (χ0n) is 26.8. The summed E-state index contributed by atoms with van der Waals surface area (Å²) in [6.07, 6.45) is 2.17. The number of carbonyl (C=O) groups excluding carboxylic acids is 2. The van der Waals surface area contributed by atoms with Gasteiger partial charge in [0, 0.05) is 23.6 Å². The molecular weight excluding hydrogens is 639 g/mol. The first kappa shape index (κ1) is 33.3. The Morgan fingerprint density at radius 2 is 1.77 bits per heavy atom. The number of amides is 2. The third kappa shape index (κ3) is 7.59. The summed E-state index contributed by atoms with van der Waals surface area (Å²) in [5.41, 5.74) is 5.38. The summed E-state index contributed by atoms with van der Waals surface area (Å²) in [6.45, 7) is 6.19. The van der Waals surface area contributed by atoms with Gasteiger partial charge >= 0.3 is 6.36 Å². The maximum Gasteiger partial charge on any atom is 0.573 e. The molecule has 1 N–H and O–H groups in total. The molecule has 1 aliphatic carbocycles. The minimum absolute atomic E-state index is 0.0325. The van der Waals surface area contributed by atoms with E-state index in [1.54, 1.807) is 11.0 Å². The number of hydrogen-bond donors (Lipinski definition) is 1. The van der Waals surface area contributed by atoms with E-state index in [-0.39, 0.29) is 35.4 Å². The highest BCUT2D eigenvalue weighted by Gasteiger charge is 2.33. The summed E-state index contributed by atoms with van der Waals surface area (Å²) >= 11 is 1.39. The lowest BCUT2D eigenvalue weighted by Gasteiger charge is -2.32. The number of anilines is 1. The van der Waals surface area contributed by atoms with E-state index in [9.17, 15) is 22.8 Å². The van der Waals surface area contributed by atoms with Gasteiger partial charge in [0.15, 0.2) is 5.82 Å². The van der Waals surface area contributed by atoms with Crippen LogP contribution in [-0.4, -0.2) is 44.7 Å². The van der Waals surface area contributed by atoms with Gasteiger partial charge in [-0.1, -0.05) is 74.8 Å². The molecule has 12 heteroatoms. The number of carbonyl (C=O) groups is 2. The molecule has 1 saturated carbocycles. The molecule has 2 unspecified atom stereocenters. The van der Waals surface area contributed by atoms with E-state index in [1.165, 1.54) is 47.0 Å². The second-order valence-electron chi connectivity index (χ2n) is 12.4. The molecule has 1 aliphatic heterocycles. The molecule has 0 radical (unpaired) electrons. The minimum atomic E-state index is -4.76. The van der Waals surface area contributed by atoms with Gasteiger partial charge in [0.2, 0.25) is 11.8 Å². The minimum Gasteiger partial charge on any atom is -0.406 e. The fourth-order valence-electron chi connectivity index (χ4n) is 6.32. The van der Waals surface area contributed by atoms with Crippen molar-refractivity contribution in [1.29, 1.82) is 0 Å². The Morgan fingerprint density at radius 3 is 2.48 bits per heavy atom. The van der Waals surface area contributed by atoms with Crippen molar-refractivity contribution in [1.82, 2.24) is 20.1 Å². The zero-order valence-corrected chi connectivity index (χ0v) is 27.6. The molecule has 4 aromatic rings. The van der Waals surface area contributed by atoms with Crippen molar-refractivity contribution in [3.05, 3.63) is 101 Å². The molecule has 3 aromatic carbocycles. The van der Waals surface area contributed by atoms with Crippen LogP contribution in [0.2, 0.25) is 0 Å². The summed E-state index contributed by atoms with van der Waals surface area (Å²) in [5, 5.41) is 8.39. The van der Waals surface area contributed by atoms with E-state index in [0.717, 1.165) is 53.6 Å². The Bertz CT molecular complexity index is 1820. The lowest BCUT2D eigenvalue weighted by atomic mass is 9.79. The second kappa shape index (κ2) is 13.9. The highest BCUT2D eigenvalue weighted by molar-refractivity contribution is 8.04. The Balaban J connectivity index is 1.15. The molecule has 2 aliphatic rings. The zero-order chi connectivity index (χ0) is 34.0. The van der Waals surface area contributed by atoms with Gasteiger partial charge in [-0.05, 0) is 72.7 Å². The molecule has 48 heavy (non-hydrogen) atoms. The van der Waals surface area contributed by atoms with Gasteiger partial charge < -0.3 is 10.1 Å². The van der Waals surface area contributed by atoms with Gasteiger partial charge in [0.05, 0.1) is 22.2 Å². The van der Waals surface area contributed by atoms with E-state index in [1.807, 2.05) is 43.3 Å². The lowest BCUT2D eigenvalue weighted by molar-refractivity contribution is -0.274. The summed E-state index contributed by atoms with van der Waals surface area (Å²) in [4.78, 5) is 32.5. The molecule has 6 rings (SSSR count). The number of benzene rings is 3. The maximum absolute atomic E-state index is 13.4. The predicted octanol–water partition coefficient (Wildman–Crippen LogP) is 8.03. The van der Waals surface area contributed by atoms with Crippen LogP contribution in [0.15, 0.2) is 84.2 Å². The number of aryl methyl sites for hydroxylation is 1. The summed E-state index contributed by atoms with van der Waals surface area (Å²) in [7, 11) is 0. The first-order valence-electron chi connectivity index (χ1n) is 15.9. The molecule has 2 fully saturated rings. The van der Waals surface area contributed by atoms with Crippen molar-refractivity contribution < 1.29 is 27.5 Å². The highest BCUT2D eigenvalue weighted by Crippen LogP contribution is 2.39. The quantitative estimate of drug-likeness (QED) is 0.190. The number of hydrogen-bond acceptors (Lipinski definition) is 6. The van der Waals surface area contributed by atoms with Gasteiger partial charge in [0.1, 0.15) is 12.1 Å². The fourth-order valence-corrected chi connectivity index (χ4v) is 7.24. The monoisotopic (exact) mass is 675 g/mol. The van der Waals surface area contributed by atoms with Crippen LogP contribution in [0.25, 0.3) is 17.1 Å². The molecule has 1 saturated heterocycles. The van der Waals surface area contributed by atoms with Crippen LogP contribution in [0, 0.1) is 6.92 Å². The van der Waals surface area contributed by atoms with Gasteiger partial charge in [-0.2, -0.15) is 0 Å². The van der Waals surface area contributed by atoms with Crippen molar-refractivity contribution in [2.24, 2.45) is 0 Å². The summed E-state index contributed by atoms with van der Waals surface area (Å²) in [5.74, 6) is 0.549. The highest BCUT2D eigenvalue weighted by atomic mass is 32.2. The lowest BCUT2D eigenvalue weighted by Crippen LogP contribution is -2.40. The number of rotatable bonds is 8. The van der Waals surface area contributed by atoms with Gasteiger partial charge in [-0.25, -0.2) is 9.67 Å². The third-order valence-electron chi connectivity index (χ3n) is 8.63. The van der Waals surface area contributed by atoms with Crippen molar-refractivity contribution in [3.63, 3.8) is 0 Å². The molecule has 0 bridgehead atoms. The molecule has 250 valence electrons. The number of ether oxygens (including phenoxy) is 1. The topological polar surface area (TPSA) is 89.4 Å². The Morgan fingerprint density at radius 1 is 1.04 bits per heavy atom. The second-order valence-corrected chi connectivity index (χ2v) is 13.4. The summed E-state index contributed by atoms with van der Waals surface area (Å²) in [6, 6.07) is 19.4. The number of nitrogens with one attached hydrogen (secondary N) is 1. The average molecular weight is 676 g/mol. The van der Waals surface area contributed by atoms with Crippen molar-refractivity contribution in [2.75, 3.05) is 10.7 Å². The van der Waals surface area contributed by atoms with Gasteiger partial charge in [-0.3, -0.25) is 14.5 Å². The fraction of sp³-hybridized carbons (Fsp3) is 0.333. The smallest absolute Gasteiger partial charge is 0.406 e. The van der Waals surface area contributed by atoms with E-state index in [4.69, 9.17) is 0 Å². The molecule has 0 spiro atoms. The van der Waals surface area contributed by atoms with E-state index >= 15 is 0 Å². The molecular formula is C36H36F3N5O3S. The Hall–Kier alpha value is -4.58. The van der Waals surface area contributed by atoms with Crippen LogP contribution < -0.4 is 15.0 Å². The molecule has 2 amide bonds. The average Bonchev–Trinajstić information content (AvgIpc) is 3.68. The van der Waals surface area contributed by atoms with Crippen LogP contribution >= 0.6 is 11.8 Å². The van der Waals surface area contributed by atoms with Crippen molar-refractivity contribution >= 4 is 29.3 Å². The molecule has 1 aromatic heterocycles. The van der Waals surface area contributed by atoms with E-state index < -0.39 is 6.36 Å². The molecule has 2 atom stereocenters. The third-order valence-corrected chi connectivity index (χ3v) is 9.62. The van der Waals surface area contributed by atoms with Crippen LogP contribution in [0.4, 0.5) is 18.9 Å². The summed E-state index contributed by atoms with van der Waals surface area (Å²) < 4.78 is 42.9. The number of nitrogens with zero attached hydrogens (tertiary/aromatic N) is 4. The Labute approximate surface area is 281 Å². The SMILES string of the molecule is Cc1ccc(C(C)C)c(N2C(=O)CS/C2=C\C(=O)NC2CCCCC2c2ccc(-c3ncn(-c4ccc(OC(F)(F)F)cc4)n3)cc2)c1. The first-order valence-corrected chi connectivity index (χ1v) is 16.9. The predicted molar refractivity (Wildman–Crippen MR) is 180 cm³/mol. The van der Waals surface area contributed by atoms with E-state index in [0.29, 0.717) is 22.3 Å². The number of thioether (sulfide) groups is 1. The van der Waals surface area contributed by atoms with Crippen LogP contribution in [-0.2, 0) is 9.59 Å². The molecule has 2 heterocycles. The number of halogens is 3. The Kier molecular flexibility index (Phi) is 9.63. The first-order chi connectivity index (χ1) is 22.9. The van der Waals surface area contributed by atoms with Gasteiger partial charge in [-0.15, -0.1) is 18.3 Å². The number of alkyl halides is 3. The van der Waals surface area contributed by atoms with Crippen LogP contribution in [0.1, 0.15) is 68.1 Å². The normalized spacial score (nSPS) is 19.3. The van der Waals surface area contributed by atoms with Crippen LogP contribution in [0.3, 0.4) is 0 Å². The standard InChI is InChI=1S/C36H36F3N5O3S/c1-22(2)28-17-8-23(3)18-31(28)44-33(46)20-48-34(44)19-32(45)41-30-7-5-4-6-29(30)24-9-11-25(12-10-24)35-40-21-43(42-35)26-13-15-27(16-14-26)47-36(37,38)39/h8-19,21-22,29-30H,4-7,20H2,1-3H3,(H,41,45)/b34-19-. The van der Waals surface area contributed by atoms with Crippen molar-refractivity contribution in [2.45, 2.75) is 70.7 Å². The van der Waals surface area contributed by atoms with Crippen molar-refractivity contribution in [3.8, 4) is 22.8 Å². The van der Waals surface area contributed by atoms with Crippen LogP contribution in [0.5, 0.6) is 5.75 Å². The van der Waals surface area contributed by atoms with E-state index in [2.05, 4.69) is 40.1 Å². The van der Waals surface area contributed by atoms with Gasteiger partial charge in [0.25, 0.3) is 0 Å². The number of aromatic nitrogens is 3. The maximum atomic E-state index is 13.4. The molecule has 8 nitrogen and oxygen atoms in total. The largest absolute Gasteiger partial charge is 0.573 e.